The van der Waals surface area contributed by atoms with Crippen molar-refractivity contribution in [2.75, 3.05) is 24.6 Å². The number of aryl methyl sites for hydroxylation is 2. The van der Waals surface area contributed by atoms with E-state index in [9.17, 15) is 5.11 Å². The van der Waals surface area contributed by atoms with Crippen molar-refractivity contribution < 1.29 is 9.84 Å². The summed E-state index contributed by atoms with van der Waals surface area (Å²) in [5.41, 5.74) is 6.57. The summed E-state index contributed by atoms with van der Waals surface area (Å²) in [6.45, 7) is 5.96. The second-order valence-corrected chi connectivity index (χ2v) is 7.79. The molecule has 156 valence electrons. The van der Waals surface area contributed by atoms with E-state index in [1.807, 2.05) is 25.3 Å². The lowest BCUT2D eigenvalue weighted by Gasteiger charge is -2.22. The minimum atomic E-state index is 0.0833. The smallest absolute Gasteiger partial charge is 0.213 e. The van der Waals surface area contributed by atoms with Crippen molar-refractivity contribution >= 4 is 5.69 Å². The van der Waals surface area contributed by atoms with E-state index < -0.39 is 0 Å². The van der Waals surface area contributed by atoms with E-state index in [4.69, 9.17) is 9.72 Å². The summed E-state index contributed by atoms with van der Waals surface area (Å²) < 4.78 is 6.08. The molecule has 30 heavy (non-hydrogen) atoms. The molecule has 1 aromatic carbocycles. The van der Waals surface area contributed by atoms with Crippen molar-refractivity contribution in [2.45, 2.75) is 39.2 Å². The minimum Gasteiger partial charge on any atom is -0.472 e. The third-order valence-electron chi connectivity index (χ3n) is 5.63. The van der Waals surface area contributed by atoms with E-state index in [1.165, 1.54) is 11.1 Å². The maximum atomic E-state index is 9.63. The molecule has 0 radical (unpaired) electrons. The lowest BCUT2D eigenvalue weighted by atomic mass is 10.0. The van der Waals surface area contributed by atoms with Crippen LogP contribution >= 0.6 is 0 Å². The predicted molar refractivity (Wildman–Crippen MR) is 120 cm³/mol. The van der Waals surface area contributed by atoms with Crippen LogP contribution in [0, 0.1) is 6.92 Å². The summed E-state index contributed by atoms with van der Waals surface area (Å²) in [5.74, 6) is 0.674. The molecule has 3 heterocycles. The number of pyridine rings is 2. The summed E-state index contributed by atoms with van der Waals surface area (Å²) >= 11 is 0. The Labute approximate surface area is 178 Å². The van der Waals surface area contributed by atoms with Gasteiger partial charge in [-0.2, -0.15) is 0 Å². The number of rotatable bonds is 7. The molecule has 2 aromatic heterocycles. The number of aromatic nitrogens is 2. The summed E-state index contributed by atoms with van der Waals surface area (Å²) in [4.78, 5) is 11.6. The van der Waals surface area contributed by atoms with E-state index in [2.05, 4.69) is 53.2 Å². The zero-order valence-electron chi connectivity index (χ0n) is 17.7. The maximum Gasteiger partial charge on any atom is 0.213 e. The van der Waals surface area contributed by atoms with E-state index >= 15 is 0 Å². The third-order valence-corrected chi connectivity index (χ3v) is 5.63. The van der Waals surface area contributed by atoms with Gasteiger partial charge in [0.05, 0.1) is 23.6 Å². The zero-order valence-corrected chi connectivity index (χ0v) is 17.7. The molecular weight excluding hydrogens is 374 g/mol. The largest absolute Gasteiger partial charge is 0.472 e. The van der Waals surface area contributed by atoms with Crippen LogP contribution in [0.4, 0.5) is 5.69 Å². The summed E-state index contributed by atoms with van der Waals surface area (Å²) in [7, 11) is 0. The van der Waals surface area contributed by atoms with Crippen LogP contribution in [0.25, 0.3) is 11.3 Å². The van der Waals surface area contributed by atoms with Crippen LogP contribution in [-0.2, 0) is 12.8 Å². The standard InChI is InChI=1S/C25H29N3O2/c1-3-19-6-4-5-7-21(19)22-9-10-24(23(27-22)13-15-29)28-14-12-20(17-28)30-25-11-8-18(2)16-26-25/h4-11,16,20,29H,3,12-15,17H2,1-2H3. The molecule has 1 aliphatic heterocycles. The fourth-order valence-electron chi connectivity index (χ4n) is 4.04. The fraction of sp³-hybridized carbons (Fsp3) is 0.360. The molecule has 1 aliphatic rings. The second kappa shape index (κ2) is 9.26. The number of anilines is 1. The topological polar surface area (TPSA) is 58.5 Å². The highest BCUT2D eigenvalue weighted by Gasteiger charge is 2.26. The van der Waals surface area contributed by atoms with Crippen molar-refractivity contribution in [1.29, 1.82) is 0 Å². The fourth-order valence-corrected chi connectivity index (χ4v) is 4.04. The molecule has 1 unspecified atom stereocenters. The molecule has 1 saturated heterocycles. The average Bonchev–Trinajstić information content (AvgIpc) is 3.24. The third kappa shape index (κ3) is 4.46. The Hall–Kier alpha value is -2.92. The molecule has 0 aliphatic carbocycles. The van der Waals surface area contributed by atoms with Gasteiger partial charge < -0.3 is 14.7 Å². The minimum absolute atomic E-state index is 0.0833. The Morgan fingerprint density at radius 2 is 2.00 bits per heavy atom. The van der Waals surface area contributed by atoms with Crippen LogP contribution < -0.4 is 9.64 Å². The normalized spacial score (nSPS) is 16.1. The number of nitrogens with zero attached hydrogens (tertiary/aromatic N) is 3. The SMILES string of the molecule is CCc1ccccc1-c1ccc(N2CCC(Oc3ccc(C)cn3)C2)c(CCO)n1. The van der Waals surface area contributed by atoms with Crippen molar-refractivity contribution in [3.8, 4) is 17.1 Å². The molecule has 0 saturated carbocycles. The number of benzene rings is 1. The Bertz CT molecular complexity index is 988. The van der Waals surface area contributed by atoms with Crippen LogP contribution in [0.5, 0.6) is 5.88 Å². The van der Waals surface area contributed by atoms with Gasteiger partial charge in [0.2, 0.25) is 5.88 Å². The van der Waals surface area contributed by atoms with Crippen molar-refractivity contribution in [2.24, 2.45) is 0 Å². The number of aliphatic hydroxyl groups is 1. The van der Waals surface area contributed by atoms with Gasteiger partial charge in [0.1, 0.15) is 6.10 Å². The Morgan fingerprint density at radius 1 is 1.13 bits per heavy atom. The molecule has 3 aromatic rings. The highest BCUT2D eigenvalue weighted by atomic mass is 16.5. The van der Waals surface area contributed by atoms with Gasteiger partial charge in [0.25, 0.3) is 0 Å². The van der Waals surface area contributed by atoms with Crippen LogP contribution in [-0.4, -0.2) is 40.9 Å². The first-order valence-corrected chi connectivity index (χ1v) is 10.7. The van der Waals surface area contributed by atoms with Gasteiger partial charge in [-0.1, -0.05) is 37.3 Å². The predicted octanol–water partition coefficient (Wildman–Crippen LogP) is 4.21. The molecule has 0 bridgehead atoms. The lowest BCUT2D eigenvalue weighted by Crippen LogP contribution is -2.26. The van der Waals surface area contributed by atoms with Gasteiger partial charge in [-0.3, -0.25) is 4.98 Å². The van der Waals surface area contributed by atoms with E-state index in [0.717, 1.165) is 48.6 Å². The zero-order chi connectivity index (χ0) is 20.9. The Balaban J connectivity index is 1.54. The molecule has 1 N–H and O–H groups in total. The molecule has 0 spiro atoms. The number of ether oxygens (including phenoxy) is 1. The van der Waals surface area contributed by atoms with Crippen LogP contribution in [0.3, 0.4) is 0 Å². The first-order chi connectivity index (χ1) is 14.7. The van der Waals surface area contributed by atoms with Gasteiger partial charge in [-0.15, -0.1) is 0 Å². The quantitative estimate of drug-likeness (QED) is 0.640. The van der Waals surface area contributed by atoms with Gasteiger partial charge in [0, 0.05) is 43.8 Å². The Kier molecular flexibility index (Phi) is 6.29. The van der Waals surface area contributed by atoms with Crippen LogP contribution in [0.2, 0.25) is 0 Å². The Morgan fingerprint density at radius 3 is 2.77 bits per heavy atom. The van der Waals surface area contributed by atoms with Crippen molar-refractivity contribution in [3.05, 3.63) is 71.5 Å². The summed E-state index contributed by atoms with van der Waals surface area (Å²) in [6.07, 6.45) is 4.38. The van der Waals surface area contributed by atoms with E-state index in [-0.39, 0.29) is 12.7 Å². The van der Waals surface area contributed by atoms with Gasteiger partial charge in [-0.05, 0) is 36.6 Å². The molecular formula is C25H29N3O2. The van der Waals surface area contributed by atoms with E-state index in [1.54, 1.807) is 0 Å². The first kappa shape index (κ1) is 20.4. The van der Waals surface area contributed by atoms with Gasteiger partial charge >= 0.3 is 0 Å². The summed E-state index contributed by atoms with van der Waals surface area (Å²) in [5, 5.41) is 9.63. The number of hydrogen-bond donors (Lipinski definition) is 1. The van der Waals surface area contributed by atoms with Crippen LogP contribution in [0.1, 0.15) is 30.2 Å². The maximum absolute atomic E-state index is 9.63. The highest BCUT2D eigenvalue weighted by molar-refractivity contribution is 5.67. The number of hydrogen-bond acceptors (Lipinski definition) is 5. The molecule has 5 heteroatoms. The molecule has 0 amide bonds. The summed E-state index contributed by atoms with van der Waals surface area (Å²) in [6, 6.07) is 16.6. The highest BCUT2D eigenvalue weighted by Crippen LogP contribution is 2.30. The molecule has 5 nitrogen and oxygen atoms in total. The van der Waals surface area contributed by atoms with Gasteiger partial charge in [-0.25, -0.2) is 4.98 Å². The second-order valence-electron chi connectivity index (χ2n) is 7.79. The average molecular weight is 404 g/mol. The van der Waals surface area contributed by atoms with Crippen molar-refractivity contribution in [1.82, 2.24) is 9.97 Å². The van der Waals surface area contributed by atoms with Crippen LogP contribution in [0.15, 0.2) is 54.7 Å². The monoisotopic (exact) mass is 403 g/mol. The molecule has 4 rings (SSSR count). The van der Waals surface area contributed by atoms with Gasteiger partial charge in [0.15, 0.2) is 0 Å². The number of aliphatic hydroxyl groups excluding tert-OH is 1. The molecule has 1 atom stereocenters. The molecule has 1 fully saturated rings. The first-order valence-electron chi connectivity index (χ1n) is 10.7. The lowest BCUT2D eigenvalue weighted by molar-refractivity contribution is 0.216. The van der Waals surface area contributed by atoms with E-state index in [0.29, 0.717) is 12.3 Å². The van der Waals surface area contributed by atoms with Crippen molar-refractivity contribution in [3.63, 3.8) is 0 Å².